The van der Waals surface area contributed by atoms with Gasteiger partial charge in [0.15, 0.2) is 0 Å². The molecule has 26 heavy (non-hydrogen) atoms. The van der Waals surface area contributed by atoms with E-state index in [2.05, 4.69) is 0 Å². The van der Waals surface area contributed by atoms with Crippen LogP contribution in [0.5, 0.6) is 5.75 Å². The first-order chi connectivity index (χ1) is 12.4. The first-order valence-electron chi connectivity index (χ1n) is 8.92. The number of halogens is 1. The fourth-order valence-electron chi connectivity index (χ4n) is 3.40. The molecule has 0 spiro atoms. The van der Waals surface area contributed by atoms with Crippen molar-refractivity contribution in [1.82, 2.24) is 4.90 Å². The number of amides is 1. The molecule has 2 aromatic carbocycles. The van der Waals surface area contributed by atoms with Gasteiger partial charge < -0.3 is 14.7 Å². The monoisotopic (exact) mass is 373 g/mol. The summed E-state index contributed by atoms with van der Waals surface area (Å²) in [7, 11) is 0. The van der Waals surface area contributed by atoms with Crippen molar-refractivity contribution < 1.29 is 14.6 Å². The summed E-state index contributed by atoms with van der Waals surface area (Å²) in [6.07, 6.45) is 0.262. The highest BCUT2D eigenvalue weighted by atomic mass is 35.5. The molecule has 2 atom stereocenters. The third-order valence-corrected chi connectivity index (χ3v) is 4.72. The lowest BCUT2D eigenvalue weighted by Gasteiger charge is -2.39. The quantitative estimate of drug-likeness (QED) is 0.847. The van der Waals surface area contributed by atoms with E-state index in [1.165, 1.54) is 0 Å². The van der Waals surface area contributed by atoms with Crippen molar-refractivity contribution in [1.29, 1.82) is 0 Å². The molecule has 1 N–H and O–H groups in total. The lowest BCUT2D eigenvalue weighted by atomic mass is 9.91. The highest BCUT2D eigenvalue weighted by molar-refractivity contribution is 6.30. The zero-order chi connectivity index (χ0) is 18.7. The largest absolute Gasteiger partial charge is 0.491 e. The van der Waals surface area contributed by atoms with Crippen molar-refractivity contribution in [3.8, 4) is 5.75 Å². The second kappa shape index (κ2) is 8.11. The molecule has 5 heteroatoms. The number of carbonyl (C=O) groups excluding carboxylic acids is 1. The molecule has 0 aromatic heterocycles. The maximum absolute atomic E-state index is 12.6. The number of aliphatic hydroxyl groups is 1. The topological polar surface area (TPSA) is 49.8 Å². The first-order valence-corrected chi connectivity index (χ1v) is 9.30. The minimum atomic E-state index is -0.610. The van der Waals surface area contributed by atoms with Crippen molar-refractivity contribution in [2.24, 2.45) is 0 Å². The number of rotatable bonds is 5. The summed E-state index contributed by atoms with van der Waals surface area (Å²) < 4.78 is 5.77. The van der Waals surface area contributed by atoms with E-state index in [0.29, 0.717) is 24.4 Å². The number of aliphatic hydroxyl groups excluding tert-OH is 1. The minimum Gasteiger partial charge on any atom is -0.491 e. The van der Waals surface area contributed by atoms with E-state index in [4.69, 9.17) is 16.3 Å². The second-order valence-corrected chi connectivity index (χ2v) is 7.38. The van der Waals surface area contributed by atoms with Gasteiger partial charge >= 0.3 is 0 Å². The minimum absolute atomic E-state index is 0.0375. The van der Waals surface area contributed by atoms with Gasteiger partial charge in [0, 0.05) is 18.0 Å². The van der Waals surface area contributed by atoms with Crippen molar-refractivity contribution in [2.45, 2.75) is 51.5 Å². The second-order valence-electron chi connectivity index (χ2n) is 6.94. The van der Waals surface area contributed by atoms with Crippen LogP contribution >= 0.6 is 11.6 Å². The Labute approximate surface area is 159 Å². The zero-order valence-corrected chi connectivity index (χ0v) is 15.8. The number of hydrogen-bond donors (Lipinski definition) is 1. The van der Waals surface area contributed by atoms with Crippen molar-refractivity contribution in [2.75, 3.05) is 0 Å². The fraction of sp³-hybridized carbons (Fsp3) is 0.381. The van der Waals surface area contributed by atoms with E-state index in [9.17, 15) is 9.90 Å². The molecule has 3 rings (SSSR count). The first kappa shape index (κ1) is 18.7. The van der Waals surface area contributed by atoms with E-state index >= 15 is 0 Å². The molecule has 1 saturated heterocycles. The average Bonchev–Trinajstić information content (AvgIpc) is 2.58. The van der Waals surface area contributed by atoms with Crippen molar-refractivity contribution in [3.05, 3.63) is 64.7 Å². The molecule has 1 amide bonds. The Bertz CT molecular complexity index is 777. The highest BCUT2D eigenvalue weighted by Crippen LogP contribution is 2.35. The summed E-state index contributed by atoms with van der Waals surface area (Å²) in [4.78, 5) is 14.4. The van der Waals surface area contributed by atoms with E-state index in [0.717, 1.165) is 16.9 Å². The Hall–Kier alpha value is -2.04. The maximum atomic E-state index is 12.6. The zero-order valence-electron chi connectivity index (χ0n) is 15.1. The molecule has 1 aliphatic rings. The molecule has 138 valence electrons. The van der Waals surface area contributed by atoms with Gasteiger partial charge in [0.25, 0.3) is 0 Å². The van der Waals surface area contributed by atoms with Gasteiger partial charge in [-0.15, -0.1) is 0 Å². The smallest absolute Gasteiger partial charge is 0.223 e. The number of piperidine rings is 1. The number of hydrogen-bond acceptors (Lipinski definition) is 3. The van der Waals surface area contributed by atoms with Gasteiger partial charge in [0.1, 0.15) is 5.75 Å². The van der Waals surface area contributed by atoms with E-state index in [-0.39, 0.29) is 12.0 Å². The summed E-state index contributed by atoms with van der Waals surface area (Å²) in [5.74, 6) is 0.779. The molecule has 0 unspecified atom stereocenters. The Kier molecular flexibility index (Phi) is 5.84. The summed E-state index contributed by atoms with van der Waals surface area (Å²) in [5.41, 5.74) is 1.82. The number of ether oxygens (including phenoxy) is 1. The van der Waals surface area contributed by atoms with Gasteiger partial charge in [-0.05, 0) is 55.7 Å². The fourth-order valence-corrected chi connectivity index (χ4v) is 3.61. The highest BCUT2D eigenvalue weighted by Gasteiger charge is 2.36. The molecule has 0 bridgehead atoms. The Morgan fingerprint density at radius 1 is 1.23 bits per heavy atom. The van der Waals surface area contributed by atoms with E-state index < -0.39 is 12.1 Å². The lowest BCUT2D eigenvalue weighted by molar-refractivity contribution is -0.143. The maximum Gasteiger partial charge on any atom is 0.223 e. The van der Waals surface area contributed by atoms with Gasteiger partial charge in [-0.25, -0.2) is 0 Å². The molecule has 1 aliphatic heterocycles. The lowest BCUT2D eigenvalue weighted by Crippen LogP contribution is -2.44. The number of nitrogens with zero attached hydrogens (tertiary/aromatic N) is 1. The van der Waals surface area contributed by atoms with Crippen LogP contribution in [0.3, 0.4) is 0 Å². The van der Waals surface area contributed by atoms with Crippen LogP contribution in [0.25, 0.3) is 0 Å². The van der Waals surface area contributed by atoms with Crippen LogP contribution in [0.2, 0.25) is 5.02 Å². The third kappa shape index (κ3) is 4.37. The third-order valence-electron chi connectivity index (χ3n) is 4.49. The van der Waals surface area contributed by atoms with Crippen LogP contribution in [0.15, 0.2) is 48.5 Å². The van der Waals surface area contributed by atoms with Gasteiger partial charge in [0.05, 0.1) is 18.2 Å². The average molecular weight is 374 g/mol. The molecule has 0 saturated carbocycles. The predicted octanol–water partition coefficient (Wildman–Crippen LogP) is 4.35. The van der Waals surface area contributed by atoms with E-state index in [1.807, 2.05) is 62.4 Å². The molecular weight excluding hydrogens is 350 g/mol. The SMILES string of the molecule is CC(C)Oc1cccc([C@@H]2[C@@H](O)CCC(=O)N2Cc2cccc(Cl)c2)c1. The molecule has 2 aromatic rings. The van der Waals surface area contributed by atoms with Crippen LogP contribution in [0.1, 0.15) is 43.9 Å². The Morgan fingerprint density at radius 3 is 2.73 bits per heavy atom. The standard InChI is InChI=1S/C21H24ClNO3/c1-14(2)26-18-8-4-6-16(12-18)21-19(24)9-10-20(25)23(21)13-15-5-3-7-17(22)11-15/h3-8,11-12,14,19,21,24H,9-10,13H2,1-2H3/t19-,21+/m0/s1. The predicted molar refractivity (Wildman–Crippen MR) is 102 cm³/mol. The molecule has 0 aliphatic carbocycles. The molecule has 1 heterocycles. The summed E-state index contributed by atoms with van der Waals surface area (Å²) in [5, 5.41) is 11.3. The molecular formula is C21H24ClNO3. The van der Waals surface area contributed by atoms with Crippen LogP contribution in [-0.2, 0) is 11.3 Å². The summed E-state index contributed by atoms with van der Waals surface area (Å²) in [6, 6.07) is 14.7. The molecule has 1 fully saturated rings. The Morgan fingerprint density at radius 2 is 2.00 bits per heavy atom. The Balaban J connectivity index is 1.91. The van der Waals surface area contributed by atoms with Crippen molar-refractivity contribution >= 4 is 17.5 Å². The van der Waals surface area contributed by atoms with Gasteiger partial charge in [-0.1, -0.05) is 35.9 Å². The van der Waals surface area contributed by atoms with Crippen LogP contribution < -0.4 is 4.74 Å². The molecule has 0 radical (unpaired) electrons. The van der Waals surface area contributed by atoms with Crippen LogP contribution in [-0.4, -0.2) is 28.1 Å². The summed E-state index contributed by atoms with van der Waals surface area (Å²) >= 11 is 6.08. The van der Waals surface area contributed by atoms with Crippen LogP contribution in [0.4, 0.5) is 0 Å². The van der Waals surface area contributed by atoms with Gasteiger partial charge in [-0.3, -0.25) is 4.79 Å². The molecule has 4 nitrogen and oxygen atoms in total. The number of carbonyl (C=O) groups is 1. The van der Waals surface area contributed by atoms with Gasteiger partial charge in [-0.2, -0.15) is 0 Å². The van der Waals surface area contributed by atoms with E-state index in [1.54, 1.807) is 4.90 Å². The van der Waals surface area contributed by atoms with Crippen molar-refractivity contribution in [3.63, 3.8) is 0 Å². The number of likely N-dealkylation sites (tertiary alicyclic amines) is 1. The normalized spacial score (nSPS) is 20.5. The number of benzene rings is 2. The summed E-state index contributed by atoms with van der Waals surface area (Å²) in [6.45, 7) is 4.35. The van der Waals surface area contributed by atoms with Gasteiger partial charge in [0.2, 0.25) is 5.91 Å². The van der Waals surface area contributed by atoms with Crippen LogP contribution in [0, 0.1) is 0 Å².